The highest BCUT2D eigenvalue weighted by atomic mass is 35.5. The van der Waals surface area contributed by atoms with Crippen molar-refractivity contribution in [1.82, 2.24) is 10.6 Å². The summed E-state index contributed by atoms with van der Waals surface area (Å²) in [6.07, 6.45) is -0.0510. The second-order valence-corrected chi connectivity index (χ2v) is 5.64. The van der Waals surface area contributed by atoms with Crippen LogP contribution in [0.1, 0.15) is 18.1 Å². The number of carbonyl (C=O) groups excluding carboxylic acids is 1. The Labute approximate surface area is 146 Å². The van der Waals surface area contributed by atoms with Crippen LogP contribution in [0.15, 0.2) is 48.5 Å². The van der Waals surface area contributed by atoms with Gasteiger partial charge in [-0.3, -0.25) is 4.79 Å². The maximum atomic E-state index is 13.2. The molecule has 1 amide bonds. The molecule has 0 aliphatic heterocycles. The molecule has 2 rings (SSSR count). The number of hydrogen-bond donors (Lipinski definition) is 2. The van der Waals surface area contributed by atoms with E-state index >= 15 is 0 Å². The van der Waals surface area contributed by atoms with Gasteiger partial charge in [-0.2, -0.15) is 0 Å². The van der Waals surface area contributed by atoms with Gasteiger partial charge in [0.2, 0.25) is 6.10 Å². The molecule has 0 radical (unpaired) electrons. The van der Waals surface area contributed by atoms with E-state index in [1.54, 1.807) is 12.1 Å². The minimum atomic E-state index is -0.858. The zero-order valence-corrected chi connectivity index (χ0v) is 14.1. The zero-order chi connectivity index (χ0) is 17.4. The summed E-state index contributed by atoms with van der Waals surface area (Å²) in [5.41, 5.74) is 0.698. The highest BCUT2D eigenvalue weighted by molar-refractivity contribution is 6.32. The molecule has 0 fully saturated rings. The van der Waals surface area contributed by atoms with E-state index in [1.165, 1.54) is 12.1 Å². The van der Waals surface area contributed by atoms with Crippen LogP contribution in [-0.4, -0.2) is 26.0 Å². The van der Waals surface area contributed by atoms with Crippen molar-refractivity contribution in [1.29, 1.82) is 0 Å². The summed E-state index contributed by atoms with van der Waals surface area (Å²) in [7, 11) is 1.86. The van der Waals surface area contributed by atoms with Crippen LogP contribution in [0, 0.1) is 5.82 Å². The Morgan fingerprint density at radius 1 is 1.21 bits per heavy atom. The lowest BCUT2D eigenvalue weighted by Gasteiger charge is -2.20. The summed E-state index contributed by atoms with van der Waals surface area (Å²) >= 11 is 6.01. The largest absolute Gasteiger partial charge is 0.474 e. The van der Waals surface area contributed by atoms with E-state index in [0.717, 1.165) is 19.0 Å². The Kier molecular flexibility index (Phi) is 7.03. The first-order valence-electron chi connectivity index (χ1n) is 7.71. The molecule has 0 spiro atoms. The Morgan fingerprint density at radius 2 is 1.96 bits per heavy atom. The van der Waals surface area contributed by atoms with E-state index in [-0.39, 0.29) is 16.7 Å². The number of carbonyl (C=O) groups is 1. The number of nitrogens with one attached hydrogen (secondary N) is 2. The molecule has 0 aliphatic rings. The molecule has 24 heavy (non-hydrogen) atoms. The molecule has 4 nitrogen and oxygen atoms in total. The molecule has 2 N–H and O–H groups in total. The van der Waals surface area contributed by atoms with Crippen molar-refractivity contribution in [2.24, 2.45) is 0 Å². The van der Waals surface area contributed by atoms with E-state index in [0.29, 0.717) is 12.1 Å². The topological polar surface area (TPSA) is 50.4 Å². The van der Waals surface area contributed by atoms with Crippen LogP contribution in [-0.2, 0) is 4.79 Å². The molecule has 0 aromatic heterocycles. The van der Waals surface area contributed by atoms with E-state index in [9.17, 15) is 9.18 Å². The first kappa shape index (κ1) is 18.2. The SMILES string of the molecule is CNCCCNC(=O)C(Oc1ccc(F)cc1Cl)c1ccccc1. The van der Waals surface area contributed by atoms with Gasteiger partial charge in [-0.25, -0.2) is 4.39 Å². The third kappa shape index (κ3) is 5.22. The Bertz CT molecular complexity index is 667. The predicted molar refractivity (Wildman–Crippen MR) is 92.8 cm³/mol. The maximum Gasteiger partial charge on any atom is 0.265 e. The van der Waals surface area contributed by atoms with Gasteiger partial charge >= 0.3 is 0 Å². The fraction of sp³-hybridized carbons (Fsp3) is 0.278. The fourth-order valence-electron chi connectivity index (χ4n) is 2.17. The quantitative estimate of drug-likeness (QED) is 0.718. The van der Waals surface area contributed by atoms with Crippen LogP contribution in [0.5, 0.6) is 5.75 Å². The Balaban J connectivity index is 2.15. The van der Waals surface area contributed by atoms with Crippen LogP contribution >= 0.6 is 11.6 Å². The van der Waals surface area contributed by atoms with Crippen molar-refractivity contribution >= 4 is 17.5 Å². The number of rotatable bonds is 8. The van der Waals surface area contributed by atoms with Gasteiger partial charge in [-0.1, -0.05) is 41.9 Å². The van der Waals surface area contributed by atoms with Crippen LogP contribution < -0.4 is 15.4 Å². The van der Waals surface area contributed by atoms with Crippen LogP contribution in [0.2, 0.25) is 5.02 Å². The van der Waals surface area contributed by atoms with Crippen molar-refractivity contribution in [2.45, 2.75) is 12.5 Å². The smallest absolute Gasteiger partial charge is 0.265 e. The van der Waals surface area contributed by atoms with Gasteiger partial charge in [0.15, 0.2) is 0 Å². The number of hydrogen-bond acceptors (Lipinski definition) is 3. The van der Waals surface area contributed by atoms with Gasteiger partial charge in [0.05, 0.1) is 5.02 Å². The number of amides is 1. The average Bonchev–Trinajstić information content (AvgIpc) is 2.58. The summed E-state index contributed by atoms with van der Waals surface area (Å²) in [5.74, 6) is -0.463. The molecular formula is C18H20ClFN2O2. The standard InChI is InChI=1S/C18H20ClFN2O2/c1-21-10-5-11-22-18(23)17(13-6-3-2-4-7-13)24-16-9-8-14(20)12-15(16)19/h2-4,6-9,12,17,21H,5,10-11H2,1H3,(H,22,23). The van der Waals surface area contributed by atoms with Crippen molar-refractivity contribution in [3.05, 3.63) is 64.9 Å². The molecule has 0 saturated carbocycles. The second-order valence-electron chi connectivity index (χ2n) is 5.23. The lowest BCUT2D eigenvalue weighted by molar-refractivity contribution is -0.128. The van der Waals surface area contributed by atoms with Gasteiger partial charge in [0.25, 0.3) is 5.91 Å². The highest BCUT2D eigenvalue weighted by Gasteiger charge is 2.23. The van der Waals surface area contributed by atoms with Gasteiger partial charge < -0.3 is 15.4 Å². The zero-order valence-electron chi connectivity index (χ0n) is 13.4. The second kappa shape index (κ2) is 9.25. The number of ether oxygens (including phenoxy) is 1. The monoisotopic (exact) mass is 350 g/mol. The summed E-state index contributed by atoms with van der Waals surface area (Å²) in [6, 6.07) is 12.9. The molecule has 0 heterocycles. The lowest BCUT2D eigenvalue weighted by Crippen LogP contribution is -2.34. The lowest BCUT2D eigenvalue weighted by atomic mass is 10.1. The van der Waals surface area contributed by atoms with Gasteiger partial charge in [-0.15, -0.1) is 0 Å². The van der Waals surface area contributed by atoms with Crippen LogP contribution in [0.3, 0.4) is 0 Å². The van der Waals surface area contributed by atoms with Gasteiger partial charge in [-0.05, 0) is 38.2 Å². The molecular weight excluding hydrogens is 331 g/mol. The third-order valence-electron chi connectivity index (χ3n) is 3.38. The average molecular weight is 351 g/mol. The predicted octanol–water partition coefficient (Wildman–Crippen LogP) is 3.32. The number of benzene rings is 2. The Hall–Kier alpha value is -2.11. The number of halogens is 2. The van der Waals surface area contributed by atoms with Gasteiger partial charge in [0.1, 0.15) is 11.6 Å². The van der Waals surface area contributed by atoms with Crippen molar-refractivity contribution in [3.63, 3.8) is 0 Å². The van der Waals surface area contributed by atoms with E-state index in [4.69, 9.17) is 16.3 Å². The van der Waals surface area contributed by atoms with Crippen molar-refractivity contribution in [2.75, 3.05) is 20.1 Å². The molecule has 128 valence electrons. The molecule has 0 aliphatic carbocycles. The van der Waals surface area contributed by atoms with Crippen LogP contribution in [0.25, 0.3) is 0 Å². The summed E-state index contributed by atoms with van der Waals surface area (Å²) < 4.78 is 19.0. The summed E-state index contributed by atoms with van der Waals surface area (Å²) in [6.45, 7) is 1.34. The molecule has 1 unspecified atom stereocenters. The van der Waals surface area contributed by atoms with Crippen LogP contribution in [0.4, 0.5) is 4.39 Å². The highest BCUT2D eigenvalue weighted by Crippen LogP contribution is 2.29. The summed E-state index contributed by atoms with van der Waals surface area (Å²) in [4.78, 5) is 12.5. The Morgan fingerprint density at radius 3 is 2.62 bits per heavy atom. The van der Waals surface area contributed by atoms with E-state index in [1.807, 2.05) is 25.2 Å². The van der Waals surface area contributed by atoms with E-state index < -0.39 is 11.9 Å². The first-order valence-corrected chi connectivity index (χ1v) is 8.08. The minimum Gasteiger partial charge on any atom is -0.474 e. The minimum absolute atomic E-state index is 0.124. The first-order chi connectivity index (χ1) is 11.6. The molecule has 2 aromatic carbocycles. The fourth-order valence-corrected chi connectivity index (χ4v) is 2.38. The van der Waals surface area contributed by atoms with E-state index in [2.05, 4.69) is 10.6 Å². The molecule has 2 aromatic rings. The molecule has 0 bridgehead atoms. The van der Waals surface area contributed by atoms with Gasteiger partial charge in [0, 0.05) is 12.1 Å². The molecule has 1 atom stereocenters. The normalized spacial score (nSPS) is 11.8. The van der Waals surface area contributed by atoms with Crippen molar-refractivity contribution in [3.8, 4) is 5.75 Å². The van der Waals surface area contributed by atoms with Crippen molar-refractivity contribution < 1.29 is 13.9 Å². The molecule has 0 saturated heterocycles. The maximum absolute atomic E-state index is 13.2. The molecule has 6 heteroatoms. The third-order valence-corrected chi connectivity index (χ3v) is 3.68. The summed E-state index contributed by atoms with van der Waals surface area (Å²) in [5, 5.41) is 5.99.